The minimum atomic E-state index is -0.414. The summed E-state index contributed by atoms with van der Waals surface area (Å²) in [4.78, 5) is 17.2. The highest BCUT2D eigenvalue weighted by Gasteiger charge is 2.31. The van der Waals surface area contributed by atoms with E-state index in [2.05, 4.69) is 20.9 Å². The van der Waals surface area contributed by atoms with Crippen LogP contribution in [0.15, 0.2) is 16.7 Å². The number of aliphatic hydroxyl groups excluding tert-OH is 1. The summed E-state index contributed by atoms with van der Waals surface area (Å²) in [5, 5.41) is 9.39. The number of carbonyl (C=O) groups excluding carboxylic acids is 1. The summed E-state index contributed by atoms with van der Waals surface area (Å²) in [6.07, 6.45) is 1.11. The summed E-state index contributed by atoms with van der Waals surface area (Å²) >= 11 is 9.09. The van der Waals surface area contributed by atoms with Gasteiger partial charge in [-0.15, -0.1) is 0 Å². The molecule has 1 fully saturated rings. The summed E-state index contributed by atoms with van der Waals surface area (Å²) in [6.45, 7) is 8.71. The molecule has 1 aliphatic rings. The minimum Gasteiger partial charge on any atom is -0.389 e. The maximum atomic E-state index is 11.8. The number of hydrogen-bond acceptors (Lipinski definition) is 3. The van der Waals surface area contributed by atoms with Gasteiger partial charge in [-0.3, -0.25) is 4.79 Å². The van der Waals surface area contributed by atoms with Gasteiger partial charge in [0.25, 0.3) is 5.91 Å². The molecule has 1 aromatic heterocycles. The normalized spacial score (nSPS) is 13.5. The molecule has 0 aliphatic carbocycles. The molecule has 108 valence electrons. The van der Waals surface area contributed by atoms with Crippen LogP contribution in [-0.4, -0.2) is 40.1 Å². The van der Waals surface area contributed by atoms with E-state index < -0.39 is 6.10 Å². The average Bonchev–Trinajstić information content (AvgIpc) is 2.39. The van der Waals surface area contributed by atoms with Gasteiger partial charge in [-0.1, -0.05) is 39.3 Å². The number of likely N-dealkylation sites (tertiary alicyclic amines) is 1. The fourth-order valence-electron chi connectivity index (χ4n) is 1.34. The Bertz CT molecular complexity index is 410. The van der Waals surface area contributed by atoms with Crippen molar-refractivity contribution in [2.24, 2.45) is 0 Å². The SMILES string of the molecule is CC.CC.O=C(c1ncc(Br)cc1Cl)N1CC(O)C1. The number of rotatable bonds is 1. The number of β-amino-alcohol motifs (C(OH)–C–C–N with tert-alkyl or cyclic N) is 1. The Labute approximate surface area is 127 Å². The lowest BCUT2D eigenvalue weighted by atomic mass is 10.1. The molecule has 0 bridgehead atoms. The van der Waals surface area contributed by atoms with Crippen LogP contribution in [0, 0.1) is 0 Å². The molecule has 0 aromatic carbocycles. The van der Waals surface area contributed by atoms with E-state index in [9.17, 15) is 4.79 Å². The molecule has 19 heavy (non-hydrogen) atoms. The van der Waals surface area contributed by atoms with Gasteiger partial charge in [0.2, 0.25) is 0 Å². The van der Waals surface area contributed by atoms with Gasteiger partial charge in [-0.05, 0) is 22.0 Å². The summed E-state index contributed by atoms with van der Waals surface area (Å²) in [7, 11) is 0. The molecule has 0 saturated carbocycles. The predicted molar refractivity (Wildman–Crippen MR) is 81.6 cm³/mol. The van der Waals surface area contributed by atoms with Gasteiger partial charge in [-0.2, -0.15) is 0 Å². The van der Waals surface area contributed by atoms with Crippen LogP contribution in [0.3, 0.4) is 0 Å². The highest BCUT2D eigenvalue weighted by atomic mass is 79.9. The molecule has 1 saturated heterocycles. The highest BCUT2D eigenvalue weighted by molar-refractivity contribution is 9.10. The first-order valence-electron chi connectivity index (χ1n) is 6.36. The van der Waals surface area contributed by atoms with E-state index >= 15 is 0 Å². The summed E-state index contributed by atoms with van der Waals surface area (Å²) in [6, 6.07) is 1.62. The summed E-state index contributed by atoms with van der Waals surface area (Å²) in [5.74, 6) is -0.238. The molecule has 6 heteroatoms. The zero-order valence-corrected chi connectivity index (χ0v) is 14.0. The van der Waals surface area contributed by atoms with E-state index in [1.54, 1.807) is 6.07 Å². The van der Waals surface area contributed by atoms with E-state index in [-0.39, 0.29) is 11.6 Å². The van der Waals surface area contributed by atoms with E-state index in [0.717, 1.165) is 4.47 Å². The monoisotopic (exact) mass is 350 g/mol. The molecule has 0 radical (unpaired) electrons. The smallest absolute Gasteiger partial charge is 0.274 e. The largest absolute Gasteiger partial charge is 0.389 e. The van der Waals surface area contributed by atoms with Crippen LogP contribution in [0.2, 0.25) is 5.02 Å². The topological polar surface area (TPSA) is 53.4 Å². The number of aliphatic hydroxyl groups is 1. The third kappa shape index (κ3) is 5.09. The van der Waals surface area contributed by atoms with Crippen molar-refractivity contribution in [3.05, 3.63) is 27.5 Å². The van der Waals surface area contributed by atoms with Crippen LogP contribution in [-0.2, 0) is 0 Å². The first kappa shape index (κ1) is 18.4. The molecule has 1 N–H and O–H groups in total. The molecule has 1 aromatic rings. The number of amides is 1. The van der Waals surface area contributed by atoms with Crippen molar-refractivity contribution in [2.75, 3.05) is 13.1 Å². The zero-order valence-electron chi connectivity index (χ0n) is 11.7. The number of nitrogens with zero attached hydrogens (tertiary/aromatic N) is 2. The van der Waals surface area contributed by atoms with Crippen molar-refractivity contribution in [2.45, 2.75) is 33.8 Å². The quantitative estimate of drug-likeness (QED) is 0.844. The van der Waals surface area contributed by atoms with Gasteiger partial charge in [0, 0.05) is 23.8 Å². The number of aromatic nitrogens is 1. The molecule has 0 unspecified atom stereocenters. The number of hydrogen-bond donors (Lipinski definition) is 1. The molecule has 2 rings (SSSR count). The van der Waals surface area contributed by atoms with Crippen molar-refractivity contribution in [3.63, 3.8) is 0 Å². The van der Waals surface area contributed by atoms with Crippen LogP contribution in [0.1, 0.15) is 38.2 Å². The second-order valence-electron chi connectivity index (χ2n) is 3.35. The standard InChI is InChI=1S/C9H8BrClN2O2.2C2H6/c10-5-1-7(11)8(12-2-5)9(15)13-3-6(14)4-13;2*1-2/h1-2,6,14H,3-4H2;2*1-2H3. The van der Waals surface area contributed by atoms with Crippen LogP contribution in [0.25, 0.3) is 0 Å². The third-order valence-electron chi connectivity index (χ3n) is 2.16. The fraction of sp³-hybridized carbons (Fsp3) is 0.538. The van der Waals surface area contributed by atoms with Gasteiger partial charge in [0.15, 0.2) is 0 Å². The molecule has 0 spiro atoms. The molecule has 4 nitrogen and oxygen atoms in total. The lowest BCUT2D eigenvalue weighted by Crippen LogP contribution is -2.53. The van der Waals surface area contributed by atoms with Crippen molar-refractivity contribution in [3.8, 4) is 0 Å². The Hall–Kier alpha value is -0.650. The van der Waals surface area contributed by atoms with Gasteiger partial charge in [-0.25, -0.2) is 4.98 Å². The van der Waals surface area contributed by atoms with E-state index in [1.165, 1.54) is 11.1 Å². The van der Waals surface area contributed by atoms with Gasteiger partial charge in [0.05, 0.1) is 11.1 Å². The lowest BCUT2D eigenvalue weighted by Gasteiger charge is -2.35. The maximum Gasteiger partial charge on any atom is 0.274 e. The average molecular weight is 352 g/mol. The Morgan fingerprint density at radius 2 is 1.95 bits per heavy atom. The maximum absolute atomic E-state index is 11.8. The van der Waals surface area contributed by atoms with E-state index in [4.69, 9.17) is 16.7 Å². The predicted octanol–water partition coefficient (Wildman–Crippen LogP) is 3.37. The second-order valence-corrected chi connectivity index (χ2v) is 4.67. The number of pyridine rings is 1. The van der Waals surface area contributed by atoms with E-state index in [1.807, 2.05) is 27.7 Å². The van der Waals surface area contributed by atoms with Crippen molar-refractivity contribution >= 4 is 33.4 Å². The molecule has 1 aliphatic heterocycles. The number of carbonyl (C=O) groups is 1. The van der Waals surface area contributed by atoms with Crippen molar-refractivity contribution in [1.29, 1.82) is 0 Å². The Morgan fingerprint density at radius 1 is 1.42 bits per heavy atom. The third-order valence-corrected chi connectivity index (χ3v) is 2.88. The van der Waals surface area contributed by atoms with Crippen molar-refractivity contribution < 1.29 is 9.90 Å². The Morgan fingerprint density at radius 3 is 2.37 bits per heavy atom. The van der Waals surface area contributed by atoms with Gasteiger partial charge < -0.3 is 10.0 Å². The Balaban J connectivity index is 0.000000741. The number of halogens is 2. The zero-order chi connectivity index (χ0) is 15.0. The molecular formula is C13H20BrClN2O2. The first-order valence-corrected chi connectivity index (χ1v) is 7.53. The van der Waals surface area contributed by atoms with Gasteiger partial charge >= 0.3 is 0 Å². The summed E-state index contributed by atoms with van der Waals surface area (Å²) < 4.78 is 0.729. The minimum absolute atomic E-state index is 0.228. The molecule has 2 heterocycles. The van der Waals surface area contributed by atoms with Crippen molar-refractivity contribution in [1.82, 2.24) is 9.88 Å². The molecular weight excluding hydrogens is 332 g/mol. The fourth-order valence-corrected chi connectivity index (χ4v) is 2.05. The Kier molecular flexibility index (Phi) is 8.97. The highest BCUT2D eigenvalue weighted by Crippen LogP contribution is 2.21. The van der Waals surface area contributed by atoms with Crippen LogP contribution in [0.4, 0.5) is 0 Å². The van der Waals surface area contributed by atoms with Gasteiger partial charge in [0.1, 0.15) is 5.69 Å². The van der Waals surface area contributed by atoms with Crippen LogP contribution < -0.4 is 0 Å². The molecule has 0 atom stereocenters. The molecule has 1 amide bonds. The second kappa shape index (κ2) is 9.28. The summed E-state index contributed by atoms with van der Waals surface area (Å²) in [5.41, 5.74) is 0.228. The lowest BCUT2D eigenvalue weighted by molar-refractivity contribution is 0.00551. The van der Waals surface area contributed by atoms with E-state index in [0.29, 0.717) is 18.1 Å². The van der Waals surface area contributed by atoms with Crippen LogP contribution >= 0.6 is 27.5 Å². The first-order chi connectivity index (χ1) is 9.08. The van der Waals surface area contributed by atoms with Crippen LogP contribution in [0.5, 0.6) is 0 Å².